The first kappa shape index (κ1) is 11.5. The molecule has 0 amide bonds. The van der Waals surface area contributed by atoms with Gasteiger partial charge in [0.2, 0.25) is 0 Å². The molecular weight excluding hydrogens is 192 g/mol. The summed E-state index contributed by atoms with van der Waals surface area (Å²) >= 11 is 0. The number of ether oxygens (including phenoxy) is 1. The maximum absolute atomic E-state index is 10.8. The first-order valence-corrected chi connectivity index (χ1v) is 4.85. The molecule has 1 heterocycles. The van der Waals surface area contributed by atoms with Gasteiger partial charge in [0.15, 0.2) is 6.29 Å². The third-order valence-electron chi connectivity index (χ3n) is 2.34. The summed E-state index contributed by atoms with van der Waals surface area (Å²) in [6, 6.07) is 3.71. The van der Waals surface area contributed by atoms with Gasteiger partial charge in [-0.1, -0.05) is 6.92 Å². The van der Waals surface area contributed by atoms with E-state index in [0.29, 0.717) is 24.4 Å². The van der Waals surface area contributed by atoms with Gasteiger partial charge in [0.1, 0.15) is 11.8 Å². The predicted molar refractivity (Wildman–Crippen MR) is 55.8 cm³/mol. The van der Waals surface area contributed by atoms with Crippen LogP contribution in [0.1, 0.15) is 28.7 Å². The predicted octanol–water partition coefficient (Wildman–Crippen LogP) is 1.38. The van der Waals surface area contributed by atoms with Crippen LogP contribution in [0.25, 0.3) is 0 Å². The first-order chi connectivity index (χ1) is 7.28. The molecule has 0 saturated heterocycles. The van der Waals surface area contributed by atoms with Gasteiger partial charge in [0.05, 0.1) is 6.61 Å². The van der Waals surface area contributed by atoms with Crippen LogP contribution >= 0.6 is 0 Å². The minimum Gasteiger partial charge on any atom is -0.383 e. The van der Waals surface area contributed by atoms with Crippen LogP contribution in [-0.4, -0.2) is 24.6 Å². The molecule has 4 nitrogen and oxygen atoms in total. The molecule has 0 atom stereocenters. The van der Waals surface area contributed by atoms with Crippen LogP contribution in [0.4, 0.5) is 0 Å². The number of nitriles is 1. The Morgan fingerprint density at radius 3 is 2.87 bits per heavy atom. The van der Waals surface area contributed by atoms with Crippen molar-refractivity contribution in [2.45, 2.75) is 19.9 Å². The van der Waals surface area contributed by atoms with Crippen molar-refractivity contribution in [1.29, 1.82) is 5.26 Å². The van der Waals surface area contributed by atoms with Crippen molar-refractivity contribution in [3.05, 3.63) is 23.0 Å². The molecule has 0 bridgehead atoms. The lowest BCUT2D eigenvalue weighted by Gasteiger charge is -2.08. The molecule has 0 radical (unpaired) electrons. The van der Waals surface area contributed by atoms with Crippen LogP contribution in [-0.2, 0) is 17.7 Å². The fourth-order valence-corrected chi connectivity index (χ4v) is 1.64. The van der Waals surface area contributed by atoms with Gasteiger partial charge in [-0.25, -0.2) is 0 Å². The van der Waals surface area contributed by atoms with E-state index < -0.39 is 0 Å². The van der Waals surface area contributed by atoms with E-state index in [2.05, 4.69) is 6.07 Å². The Bertz CT molecular complexity index is 388. The van der Waals surface area contributed by atoms with Gasteiger partial charge in [-0.15, -0.1) is 0 Å². The highest BCUT2D eigenvalue weighted by Gasteiger charge is 2.12. The largest absolute Gasteiger partial charge is 0.383 e. The number of carbonyl (C=O) groups is 1. The van der Waals surface area contributed by atoms with Gasteiger partial charge < -0.3 is 9.30 Å². The second-order valence-corrected chi connectivity index (χ2v) is 3.16. The first-order valence-electron chi connectivity index (χ1n) is 4.85. The van der Waals surface area contributed by atoms with Crippen molar-refractivity contribution in [3.8, 4) is 6.07 Å². The fraction of sp³-hybridized carbons (Fsp3) is 0.455. The van der Waals surface area contributed by atoms with Crippen LogP contribution in [0, 0.1) is 11.3 Å². The molecule has 0 fully saturated rings. The Morgan fingerprint density at radius 1 is 1.67 bits per heavy atom. The Labute approximate surface area is 89.1 Å². The lowest BCUT2D eigenvalue weighted by Crippen LogP contribution is -2.09. The highest BCUT2D eigenvalue weighted by atomic mass is 16.5. The molecule has 0 aliphatic heterocycles. The summed E-state index contributed by atoms with van der Waals surface area (Å²) in [5.41, 5.74) is 2.02. The van der Waals surface area contributed by atoms with E-state index in [1.165, 1.54) is 0 Å². The number of carbonyl (C=O) groups excluding carboxylic acids is 1. The summed E-state index contributed by atoms with van der Waals surface area (Å²) in [6.07, 6.45) is 1.53. The van der Waals surface area contributed by atoms with E-state index in [9.17, 15) is 4.79 Å². The van der Waals surface area contributed by atoms with Gasteiger partial charge in [-0.05, 0) is 12.5 Å². The molecule has 0 N–H and O–H groups in total. The van der Waals surface area contributed by atoms with E-state index in [1.807, 2.05) is 11.5 Å². The third-order valence-corrected chi connectivity index (χ3v) is 2.34. The number of rotatable bonds is 5. The van der Waals surface area contributed by atoms with Gasteiger partial charge in [0.25, 0.3) is 0 Å². The summed E-state index contributed by atoms with van der Waals surface area (Å²) in [5, 5.41) is 8.92. The second kappa shape index (κ2) is 5.32. The summed E-state index contributed by atoms with van der Waals surface area (Å²) in [5.74, 6) is 0. The van der Waals surface area contributed by atoms with Gasteiger partial charge >= 0.3 is 0 Å². The van der Waals surface area contributed by atoms with Crippen molar-refractivity contribution >= 4 is 6.29 Å². The van der Waals surface area contributed by atoms with Crippen molar-refractivity contribution < 1.29 is 9.53 Å². The normalized spacial score (nSPS) is 9.93. The summed E-state index contributed by atoms with van der Waals surface area (Å²) in [7, 11) is 1.61. The molecule has 15 heavy (non-hydrogen) atoms. The maximum atomic E-state index is 10.8. The number of nitrogens with zero attached hydrogens (tertiary/aromatic N) is 2. The number of aromatic nitrogens is 1. The zero-order chi connectivity index (χ0) is 11.3. The zero-order valence-corrected chi connectivity index (χ0v) is 8.99. The van der Waals surface area contributed by atoms with Crippen LogP contribution in [0.15, 0.2) is 6.07 Å². The van der Waals surface area contributed by atoms with E-state index in [1.54, 1.807) is 13.2 Å². The minimum absolute atomic E-state index is 0.519. The average Bonchev–Trinajstić information content (AvgIpc) is 2.62. The van der Waals surface area contributed by atoms with Crippen LogP contribution in [0.3, 0.4) is 0 Å². The molecule has 0 aliphatic carbocycles. The summed E-state index contributed by atoms with van der Waals surface area (Å²) in [6.45, 7) is 3.11. The number of aldehydes is 1. The Morgan fingerprint density at radius 2 is 2.40 bits per heavy atom. The molecule has 80 valence electrons. The van der Waals surface area contributed by atoms with E-state index >= 15 is 0 Å². The molecule has 4 heteroatoms. The van der Waals surface area contributed by atoms with E-state index in [0.717, 1.165) is 18.4 Å². The molecule has 0 aliphatic rings. The number of methoxy groups -OCH3 is 1. The molecule has 0 saturated carbocycles. The van der Waals surface area contributed by atoms with Gasteiger partial charge in [-0.3, -0.25) is 4.79 Å². The van der Waals surface area contributed by atoms with Crippen molar-refractivity contribution in [3.63, 3.8) is 0 Å². The number of hydrogen-bond donors (Lipinski definition) is 0. The number of hydrogen-bond acceptors (Lipinski definition) is 3. The van der Waals surface area contributed by atoms with Crippen LogP contribution < -0.4 is 0 Å². The second-order valence-electron chi connectivity index (χ2n) is 3.16. The Hall–Kier alpha value is -1.60. The van der Waals surface area contributed by atoms with Crippen molar-refractivity contribution in [2.24, 2.45) is 0 Å². The average molecular weight is 206 g/mol. The molecule has 1 aromatic heterocycles. The summed E-state index contributed by atoms with van der Waals surface area (Å²) < 4.78 is 6.81. The van der Waals surface area contributed by atoms with Crippen LogP contribution in [0.2, 0.25) is 0 Å². The molecule has 0 spiro atoms. The fourth-order valence-electron chi connectivity index (χ4n) is 1.64. The van der Waals surface area contributed by atoms with Crippen LogP contribution in [0.5, 0.6) is 0 Å². The van der Waals surface area contributed by atoms with Crippen molar-refractivity contribution in [1.82, 2.24) is 4.57 Å². The molecule has 1 rings (SSSR count). The Kier molecular flexibility index (Phi) is 4.07. The molecule has 0 aromatic carbocycles. The van der Waals surface area contributed by atoms with E-state index in [-0.39, 0.29) is 0 Å². The van der Waals surface area contributed by atoms with Crippen molar-refractivity contribution in [2.75, 3.05) is 13.7 Å². The van der Waals surface area contributed by atoms with E-state index in [4.69, 9.17) is 10.00 Å². The standard InChI is InChI=1S/C11H14N2O2/c1-3-11-9(8-14)6-10(7-12)13(11)4-5-15-2/h6,8H,3-5H2,1-2H3. The minimum atomic E-state index is 0.519. The zero-order valence-electron chi connectivity index (χ0n) is 8.99. The molecular formula is C11H14N2O2. The lowest BCUT2D eigenvalue weighted by molar-refractivity contribution is 0.112. The highest BCUT2D eigenvalue weighted by molar-refractivity contribution is 5.77. The highest BCUT2D eigenvalue weighted by Crippen LogP contribution is 2.14. The Balaban J connectivity index is 3.13. The molecule has 1 aromatic rings. The topological polar surface area (TPSA) is 55.0 Å². The maximum Gasteiger partial charge on any atom is 0.151 e. The van der Waals surface area contributed by atoms with Gasteiger partial charge in [-0.2, -0.15) is 5.26 Å². The monoisotopic (exact) mass is 206 g/mol. The smallest absolute Gasteiger partial charge is 0.151 e. The lowest BCUT2D eigenvalue weighted by atomic mass is 10.2. The van der Waals surface area contributed by atoms with Gasteiger partial charge in [0, 0.05) is 24.9 Å². The summed E-state index contributed by atoms with van der Waals surface area (Å²) in [4.78, 5) is 10.8. The third kappa shape index (κ3) is 2.25. The quantitative estimate of drug-likeness (QED) is 0.684. The molecule has 0 unspecified atom stereocenters. The SMILES string of the molecule is CCc1c(C=O)cc(C#N)n1CCOC.